The number of ether oxygens (including phenoxy) is 2. The normalized spacial score (nSPS) is 10.9. The average molecular weight is 307 g/mol. The molecule has 0 radical (unpaired) electrons. The Bertz CT molecular complexity index is 532. The van der Waals surface area contributed by atoms with E-state index in [2.05, 4.69) is 0 Å². The summed E-state index contributed by atoms with van der Waals surface area (Å²) in [7, 11) is 0. The largest absolute Gasteiger partial charge is 0.465 e. The van der Waals surface area contributed by atoms with Crippen LogP contribution in [0.15, 0.2) is 24.3 Å². The molecule has 120 valence electrons. The van der Waals surface area contributed by atoms with Crippen molar-refractivity contribution in [2.45, 2.75) is 27.2 Å². The van der Waals surface area contributed by atoms with E-state index in [1.165, 1.54) is 6.92 Å². The second-order valence-electron chi connectivity index (χ2n) is 5.01. The lowest BCUT2D eigenvalue weighted by Gasteiger charge is -2.25. The van der Waals surface area contributed by atoms with Gasteiger partial charge < -0.3 is 15.2 Å². The van der Waals surface area contributed by atoms with E-state index >= 15 is 0 Å². The topological polar surface area (TPSA) is 95.7 Å². The van der Waals surface area contributed by atoms with Gasteiger partial charge in [-0.3, -0.25) is 14.4 Å². The number of nitrogens with two attached hydrogens (primary N) is 1. The van der Waals surface area contributed by atoms with E-state index < -0.39 is 23.3 Å². The maximum absolute atomic E-state index is 12.2. The van der Waals surface area contributed by atoms with Gasteiger partial charge >= 0.3 is 11.9 Å². The summed E-state index contributed by atoms with van der Waals surface area (Å²) in [5.41, 5.74) is 4.81. The van der Waals surface area contributed by atoms with Crippen LogP contribution >= 0.6 is 0 Å². The molecule has 0 aliphatic carbocycles. The molecular weight excluding hydrogens is 286 g/mol. The minimum Gasteiger partial charge on any atom is -0.465 e. The quantitative estimate of drug-likeness (QED) is 0.607. The number of primary amides is 1. The van der Waals surface area contributed by atoms with Crippen LogP contribution in [0.1, 0.15) is 36.7 Å². The summed E-state index contributed by atoms with van der Waals surface area (Å²) in [4.78, 5) is 35.4. The predicted molar refractivity (Wildman–Crippen MR) is 80.0 cm³/mol. The van der Waals surface area contributed by atoms with Crippen molar-refractivity contribution in [2.24, 2.45) is 11.1 Å². The van der Waals surface area contributed by atoms with Crippen LogP contribution in [-0.4, -0.2) is 31.1 Å². The molecule has 0 aromatic heterocycles. The fourth-order valence-electron chi connectivity index (χ4n) is 2.00. The molecule has 1 aromatic carbocycles. The molecule has 1 aromatic rings. The molecule has 0 atom stereocenters. The standard InChI is InChI=1S/C16H21NO5/c1-4-21-14(19)16(3,15(20)22-5-2)10-11-6-8-12(9-7-11)13(17)18/h6-9H,4-5,10H2,1-3H3,(H2,17,18). The summed E-state index contributed by atoms with van der Waals surface area (Å²) in [6.07, 6.45) is 0.115. The Kier molecular flexibility index (Phi) is 6.10. The SMILES string of the molecule is CCOC(=O)C(C)(Cc1ccc(C(N)=O)cc1)C(=O)OCC. The molecule has 0 bridgehead atoms. The smallest absolute Gasteiger partial charge is 0.323 e. The van der Waals surface area contributed by atoms with Gasteiger partial charge in [-0.2, -0.15) is 0 Å². The van der Waals surface area contributed by atoms with Gasteiger partial charge in [0.1, 0.15) is 0 Å². The Morgan fingerprint density at radius 2 is 1.45 bits per heavy atom. The zero-order chi connectivity index (χ0) is 16.8. The lowest BCUT2D eigenvalue weighted by atomic mass is 9.83. The number of amides is 1. The maximum atomic E-state index is 12.2. The highest BCUT2D eigenvalue weighted by Crippen LogP contribution is 2.27. The lowest BCUT2D eigenvalue weighted by Crippen LogP contribution is -2.41. The molecule has 1 rings (SSSR count). The van der Waals surface area contributed by atoms with E-state index in [0.717, 1.165) is 0 Å². The predicted octanol–water partition coefficient (Wildman–Crippen LogP) is 1.46. The van der Waals surface area contributed by atoms with Crippen LogP contribution in [0.3, 0.4) is 0 Å². The maximum Gasteiger partial charge on any atom is 0.323 e. The number of hydrogen-bond donors (Lipinski definition) is 1. The van der Waals surface area contributed by atoms with E-state index in [1.807, 2.05) is 0 Å². The Hall–Kier alpha value is -2.37. The minimum absolute atomic E-state index is 0.115. The first-order chi connectivity index (χ1) is 10.3. The van der Waals surface area contributed by atoms with Crippen LogP contribution in [0.5, 0.6) is 0 Å². The Morgan fingerprint density at radius 1 is 1.00 bits per heavy atom. The monoisotopic (exact) mass is 307 g/mol. The highest BCUT2D eigenvalue weighted by Gasteiger charge is 2.44. The minimum atomic E-state index is -1.43. The zero-order valence-corrected chi connectivity index (χ0v) is 13.0. The first-order valence-electron chi connectivity index (χ1n) is 7.08. The van der Waals surface area contributed by atoms with E-state index in [1.54, 1.807) is 38.1 Å². The lowest BCUT2D eigenvalue weighted by molar-refractivity contribution is -0.170. The van der Waals surface area contributed by atoms with Gasteiger partial charge in [0, 0.05) is 5.56 Å². The van der Waals surface area contributed by atoms with Crippen LogP contribution in [0, 0.1) is 5.41 Å². The molecule has 0 saturated carbocycles. The van der Waals surface area contributed by atoms with Gasteiger partial charge in [0.2, 0.25) is 5.91 Å². The van der Waals surface area contributed by atoms with Crippen LogP contribution < -0.4 is 5.73 Å². The fourth-order valence-corrected chi connectivity index (χ4v) is 2.00. The summed E-state index contributed by atoms with van der Waals surface area (Å²) in [5, 5.41) is 0. The van der Waals surface area contributed by atoms with Crippen LogP contribution in [0.2, 0.25) is 0 Å². The molecule has 0 saturated heterocycles. The summed E-state index contributed by atoms with van der Waals surface area (Å²) in [6.45, 7) is 5.18. The van der Waals surface area contributed by atoms with E-state index in [-0.39, 0.29) is 19.6 Å². The zero-order valence-electron chi connectivity index (χ0n) is 13.0. The molecule has 0 unspecified atom stereocenters. The van der Waals surface area contributed by atoms with Crippen molar-refractivity contribution in [3.8, 4) is 0 Å². The van der Waals surface area contributed by atoms with Crippen molar-refractivity contribution in [3.05, 3.63) is 35.4 Å². The third-order valence-corrected chi connectivity index (χ3v) is 3.25. The van der Waals surface area contributed by atoms with Gasteiger partial charge in [-0.05, 0) is 44.9 Å². The summed E-state index contributed by atoms with van der Waals surface area (Å²) < 4.78 is 9.99. The second-order valence-corrected chi connectivity index (χ2v) is 5.01. The molecular formula is C16H21NO5. The van der Waals surface area contributed by atoms with Crippen molar-refractivity contribution in [3.63, 3.8) is 0 Å². The van der Waals surface area contributed by atoms with Gasteiger partial charge in [-0.1, -0.05) is 12.1 Å². The van der Waals surface area contributed by atoms with Crippen molar-refractivity contribution < 1.29 is 23.9 Å². The molecule has 1 amide bonds. The van der Waals surface area contributed by atoms with Crippen molar-refractivity contribution in [1.29, 1.82) is 0 Å². The number of esters is 2. The van der Waals surface area contributed by atoms with Crippen molar-refractivity contribution in [2.75, 3.05) is 13.2 Å². The van der Waals surface area contributed by atoms with E-state index in [9.17, 15) is 14.4 Å². The van der Waals surface area contributed by atoms with Gasteiger partial charge in [0.15, 0.2) is 5.41 Å². The summed E-state index contributed by atoms with van der Waals surface area (Å²) in [6, 6.07) is 6.40. The van der Waals surface area contributed by atoms with Gasteiger partial charge in [0.25, 0.3) is 0 Å². The number of rotatable bonds is 7. The van der Waals surface area contributed by atoms with Gasteiger partial charge in [0.05, 0.1) is 13.2 Å². The van der Waals surface area contributed by atoms with Crippen molar-refractivity contribution >= 4 is 17.8 Å². The Morgan fingerprint density at radius 3 is 1.82 bits per heavy atom. The molecule has 2 N–H and O–H groups in total. The Balaban J connectivity index is 3.04. The third-order valence-electron chi connectivity index (χ3n) is 3.25. The highest BCUT2D eigenvalue weighted by atomic mass is 16.6. The van der Waals surface area contributed by atoms with Crippen LogP contribution in [0.25, 0.3) is 0 Å². The molecule has 0 fully saturated rings. The molecule has 0 aliphatic rings. The number of carbonyl (C=O) groups is 3. The molecule has 0 spiro atoms. The molecule has 6 nitrogen and oxygen atoms in total. The first-order valence-corrected chi connectivity index (χ1v) is 7.08. The van der Waals surface area contributed by atoms with E-state index in [0.29, 0.717) is 11.1 Å². The van der Waals surface area contributed by atoms with Crippen molar-refractivity contribution in [1.82, 2.24) is 0 Å². The molecule has 0 heterocycles. The Labute approximate surface area is 129 Å². The number of hydrogen-bond acceptors (Lipinski definition) is 5. The van der Waals surface area contributed by atoms with Crippen LogP contribution in [0.4, 0.5) is 0 Å². The summed E-state index contributed by atoms with van der Waals surface area (Å²) in [5.74, 6) is -1.80. The van der Waals surface area contributed by atoms with E-state index in [4.69, 9.17) is 15.2 Å². The summed E-state index contributed by atoms with van der Waals surface area (Å²) >= 11 is 0. The van der Waals surface area contributed by atoms with Crippen LogP contribution in [-0.2, 0) is 25.5 Å². The first kappa shape index (κ1) is 17.7. The molecule has 6 heteroatoms. The van der Waals surface area contributed by atoms with Gasteiger partial charge in [-0.15, -0.1) is 0 Å². The van der Waals surface area contributed by atoms with Gasteiger partial charge in [-0.25, -0.2) is 0 Å². The number of benzene rings is 1. The second kappa shape index (κ2) is 7.59. The fraction of sp³-hybridized carbons (Fsp3) is 0.438. The molecule has 22 heavy (non-hydrogen) atoms. The third kappa shape index (κ3) is 4.07. The highest BCUT2D eigenvalue weighted by molar-refractivity contribution is 6.00. The average Bonchev–Trinajstić information content (AvgIpc) is 2.48. The number of carbonyl (C=O) groups excluding carboxylic acids is 3. The molecule has 0 aliphatic heterocycles.